The summed E-state index contributed by atoms with van der Waals surface area (Å²) in [6.07, 6.45) is 0.909. The van der Waals surface area contributed by atoms with Gasteiger partial charge in [0.25, 0.3) is 5.91 Å². The Bertz CT molecular complexity index is 881. The van der Waals surface area contributed by atoms with E-state index in [0.717, 1.165) is 41.6 Å². The molecule has 0 saturated heterocycles. The van der Waals surface area contributed by atoms with Crippen molar-refractivity contribution in [2.75, 3.05) is 13.3 Å². The number of hydrogen-bond donors (Lipinski definition) is 3. The van der Waals surface area contributed by atoms with Crippen LogP contribution in [0.1, 0.15) is 48.7 Å². The highest BCUT2D eigenvalue weighted by Gasteiger charge is 2.13. The van der Waals surface area contributed by atoms with Crippen LogP contribution in [-0.4, -0.2) is 31.2 Å². The lowest BCUT2D eigenvalue weighted by Gasteiger charge is -2.13. The quantitative estimate of drug-likeness (QED) is 0.460. The van der Waals surface area contributed by atoms with Crippen LogP contribution in [0.25, 0.3) is 0 Å². The number of rotatable bonds is 8. The van der Waals surface area contributed by atoms with Crippen LogP contribution in [0.2, 0.25) is 0 Å². The fourth-order valence-electron chi connectivity index (χ4n) is 2.92. The molecule has 160 valence electrons. The van der Waals surface area contributed by atoms with Gasteiger partial charge in [0.05, 0.1) is 6.54 Å². The normalized spacial score (nSPS) is 13.6. The first-order chi connectivity index (χ1) is 14.6. The summed E-state index contributed by atoms with van der Waals surface area (Å²) in [4.78, 5) is 16.8. The zero-order valence-electron chi connectivity index (χ0n) is 17.8. The number of nitrogens with one attached hydrogen (secondary N) is 3. The van der Waals surface area contributed by atoms with Crippen molar-refractivity contribution in [2.45, 2.75) is 46.3 Å². The Balaban J connectivity index is 1.56. The largest absolute Gasteiger partial charge is 0.454 e. The van der Waals surface area contributed by atoms with Crippen molar-refractivity contribution in [3.63, 3.8) is 0 Å². The minimum absolute atomic E-state index is 0.0394. The van der Waals surface area contributed by atoms with Gasteiger partial charge in [-0.05, 0) is 55.7 Å². The summed E-state index contributed by atoms with van der Waals surface area (Å²) in [5, 5.41) is 9.56. The van der Waals surface area contributed by atoms with Crippen LogP contribution in [0.15, 0.2) is 47.5 Å². The third-order valence-corrected chi connectivity index (χ3v) is 4.87. The van der Waals surface area contributed by atoms with Gasteiger partial charge in [0.15, 0.2) is 17.5 Å². The summed E-state index contributed by atoms with van der Waals surface area (Å²) in [6.45, 7) is 8.26. The minimum atomic E-state index is -0.0394. The number of amides is 1. The molecule has 1 aliphatic rings. The summed E-state index contributed by atoms with van der Waals surface area (Å²) < 4.78 is 10.8. The smallest absolute Gasteiger partial charge is 0.251 e. The molecule has 0 aromatic heterocycles. The Labute approximate surface area is 177 Å². The Morgan fingerprint density at radius 3 is 2.50 bits per heavy atom. The van der Waals surface area contributed by atoms with E-state index in [9.17, 15) is 4.79 Å². The Hall–Kier alpha value is -3.22. The maximum absolute atomic E-state index is 12.2. The molecular weight excluding hydrogens is 380 g/mol. The van der Waals surface area contributed by atoms with E-state index < -0.39 is 0 Å². The average molecular weight is 411 g/mol. The van der Waals surface area contributed by atoms with Crippen molar-refractivity contribution in [3.8, 4) is 11.5 Å². The SMILES string of the molecule is CCNC(=NCc1ccc2c(c1)OCO2)NCc1ccc(C(=O)NC(C)CC)cc1. The standard InChI is InChI=1S/C23H30N4O3/c1-4-16(3)27-22(28)19-9-6-17(7-10-19)13-25-23(24-5-2)26-14-18-8-11-20-21(12-18)30-15-29-20/h6-12,16H,4-5,13-15H2,1-3H3,(H,27,28)(H2,24,25,26). The van der Waals surface area contributed by atoms with E-state index in [4.69, 9.17) is 9.47 Å². The topological polar surface area (TPSA) is 84.0 Å². The van der Waals surface area contributed by atoms with E-state index in [1.54, 1.807) is 0 Å². The van der Waals surface area contributed by atoms with Crippen LogP contribution in [0.3, 0.4) is 0 Å². The molecule has 7 nitrogen and oxygen atoms in total. The third kappa shape index (κ3) is 5.89. The van der Waals surface area contributed by atoms with Crippen molar-refractivity contribution in [2.24, 2.45) is 4.99 Å². The molecule has 0 aliphatic carbocycles. The van der Waals surface area contributed by atoms with E-state index in [1.807, 2.05) is 56.3 Å². The maximum Gasteiger partial charge on any atom is 0.251 e. The van der Waals surface area contributed by atoms with E-state index in [0.29, 0.717) is 18.7 Å². The number of guanidine groups is 1. The molecule has 1 heterocycles. The highest BCUT2D eigenvalue weighted by atomic mass is 16.7. The third-order valence-electron chi connectivity index (χ3n) is 4.87. The average Bonchev–Trinajstić information content (AvgIpc) is 3.23. The van der Waals surface area contributed by atoms with Crippen molar-refractivity contribution in [1.82, 2.24) is 16.0 Å². The van der Waals surface area contributed by atoms with Crippen molar-refractivity contribution in [3.05, 3.63) is 59.2 Å². The second-order valence-corrected chi connectivity index (χ2v) is 7.22. The van der Waals surface area contributed by atoms with Gasteiger partial charge in [-0.3, -0.25) is 4.79 Å². The molecule has 1 unspecified atom stereocenters. The zero-order chi connectivity index (χ0) is 21.3. The molecule has 0 bridgehead atoms. The van der Waals surface area contributed by atoms with Crippen LogP contribution in [0, 0.1) is 0 Å². The number of hydrogen-bond acceptors (Lipinski definition) is 4. The number of fused-ring (bicyclic) bond motifs is 1. The van der Waals surface area contributed by atoms with Crippen LogP contribution in [0.5, 0.6) is 11.5 Å². The molecule has 1 amide bonds. The molecule has 30 heavy (non-hydrogen) atoms. The molecule has 0 saturated carbocycles. The number of ether oxygens (including phenoxy) is 2. The summed E-state index contributed by atoms with van der Waals surface area (Å²) in [5.41, 5.74) is 2.79. The molecule has 0 radical (unpaired) electrons. The van der Waals surface area contributed by atoms with E-state index in [1.165, 1.54) is 0 Å². The number of aliphatic imine (C=N–C) groups is 1. The first kappa shape index (κ1) is 21.5. The lowest BCUT2D eigenvalue weighted by molar-refractivity contribution is 0.0939. The van der Waals surface area contributed by atoms with Gasteiger partial charge in [0.1, 0.15) is 0 Å². The summed E-state index contributed by atoms with van der Waals surface area (Å²) in [5.74, 6) is 2.23. The number of carbonyl (C=O) groups excluding carboxylic acids is 1. The first-order valence-electron chi connectivity index (χ1n) is 10.4. The second kappa shape index (κ2) is 10.5. The van der Waals surface area contributed by atoms with Crippen molar-refractivity contribution < 1.29 is 14.3 Å². The predicted octanol–water partition coefficient (Wildman–Crippen LogP) is 3.20. The van der Waals surface area contributed by atoms with Gasteiger partial charge in [-0.2, -0.15) is 0 Å². The molecule has 1 aliphatic heterocycles. The van der Waals surface area contributed by atoms with Gasteiger partial charge in [-0.15, -0.1) is 0 Å². The number of nitrogens with zero attached hydrogens (tertiary/aromatic N) is 1. The molecule has 2 aromatic rings. The molecule has 2 aromatic carbocycles. The highest BCUT2D eigenvalue weighted by Crippen LogP contribution is 2.32. The van der Waals surface area contributed by atoms with Crippen LogP contribution < -0.4 is 25.4 Å². The first-order valence-corrected chi connectivity index (χ1v) is 10.4. The molecule has 1 atom stereocenters. The Morgan fingerprint density at radius 1 is 1.03 bits per heavy atom. The Morgan fingerprint density at radius 2 is 1.77 bits per heavy atom. The van der Waals surface area contributed by atoms with Crippen molar-refractivity contribution in [1.29, 1.82) is 0 Å². The summed E-state index contributed by atoms with van der Waals surface area (Å²) >= 11 is 0. The van der Waals surface area contributed by atoms with Crippen LogP contribution in [-0.2, 0) is 13.1 Å². The van der Waals surface area contributed by atoms with E-state index in [-0.39, 0.29) is 18.7 Å². The Kier molecular flexibility index (Phi) is 7.54. The molecule has 7 heteroatoms. The predicted molar refractivity (Wildman–Crippen MR) is 118 cm³/mol. The van der Waals surface area contributed by atoms with Gasteiger partial charge in [-0.1, -0.05) is 25.1 Å². The lowest BCUT2D eigenvalue weighted by atomic mass is 10.1. The van der Waals surface area contributed by atoms with Crippen LogP contribution in [0.4, 0.5) is 0 Å². The van der Waals surface area contributed by atoms with Gasteiger partial charge in [0, 0.05) is 24.7 Å². The highest BCUT2D eigenvalue weighted by molar-refractivity contribution is 5.94. The van der Waals surface area contributed by atoms with Gasteiger partial charge in [-0.25, -0.2) is 4.99 Å². The molecular formula is C23H30N4O3. The number of carbonyl (C=O) groups is 1. The monoisotopic (exact) mass is 410 g/mol. The number of benzene rings is 2. The van der Waals surface area contributed by atoms with E-state index in [2.05, 4.69) is 27.9 Å². The van der Waals surface area contributed by atoms with Crippen LogP contribution >= 0.6 is 0 Å². The lowest BCUT2D eigenvalue weighted by Crippen LogP contribution is -2.36. The summed E-state index contributed by atoms with van der Waals surface area (Å²) in [7, 11) is 0. The van der Waals surface area contributed by atoms with Gasteiger partial charge < -0.3 is 25.4 Å². The van der Waals surface area contributed by atoms with Crippen molar-refractivity contribution >= 4 is 11.9 Å². The molecule has 0 spiro atoms. The minimum Gasteiger partial charge on any atom is -0.454 e. The fourth-order valence-corrected chi connectivity index (χ4v) is 2.92. The van der Waals surface area contributed by atoms with E-state index >= 15 is 0 Å². The zero-order valence-corrected chi connectivity index (χ0v) is 17.8. The van der Waals surface area contributed by atoms with Gasteiger partial charge in [0.2, 0.25) is 6.79 Å². The second-order valence-electron chi connectivity index (χ2n) is 7.22. The molecule has 3 rings (SSSR count). The fraction of sp³-hybridized carbons (Fsp3) is 0.391. The molecule has 0 fully saturated rings. The van der Waals surface area contributed by atoms with Gasteiger partial charge >= 0.3 is 0 Å². The summed E-state index contributed by atoms with van der Waals surface area (Å²) in [6, 6.07) is 13.6. The molecule has 3 N–H and O–H groups in total. The maximum atomic E-state index is 12.2.